The largest absolute Gasteiger partial charge is 0.479 e. The van der Waals surface area contributed by atoms with E-state index in [1.54, 1.807) is 55.5 Å². The Hall–Kier alpha value is -3.15. The molecular weight excluding hydrogens is 346 g/mol. The van der Waals surface area contributed by atoms with E-state index in [1.165, 1.54) is 0 Å². The molecule has 1 aliphatic rings. The van der Waals surface area contributed by atoms with Crippen molar-refractivity contribution in [1.82, 2.24) is 0 Å². The number of carbonyl (C=O) groups excluding carboxylic acids is 3. The lowest BCUT2D eigenvalue weighted by Gasteiger charge is -2.18. The summed E-state index contributed by atoms with van der Waals surface area (Å²) in [6, 6.07) is 13.2. The maximum atomic E-state index is 12.5. The molecule has 2 atom stereocenters. The number of rotatable bonds is 6. The van der Waals surface area contributed by atoms with E-state index in [0.717, 1.165) is 11.3 Å². The number of carbonyl (C=O) groups is 3. The van der Waals surface area contributed by atoms with Crippen LogP contribution < -0.4 is 9.64 Å². The van der Waals surface area contributed by atoms with Gasteiger partial charge in [0.25, 0.3) is 11.8 Å². The van der Waals surface area contributed by atoms with Crippen LogP contribution >= 0.6 is 0 Å². The fraction of sp³-hybridized carbons (Fsp3) is 0.286. The van der Waals surface area contributed by atoms with Crippen molar-refractivity contribution in [3.8, 4) is 5.75 Å². The molecule has 6 nitrogen and oxygen atoms in total. The van der Waals surface area contributed by atoms with Crippen molar-refractivity contribution < 1.29 is 23.9 Å². The molecule has 27 heavy (non-hydrogen) atoms. The molecule has 0 radical (unpaired) electrons. The molecule has 0 saturated carbocycles. The van der Waals surface area contributed by atoms with Gasteiger partial charge in [0, 0.05) is 0 Å². The molecule has 2 amide bonds. The summed E-state index contributed by atoms with van der Waals surface area (Å²) in [5.41, 5.74) is 1.23. The Balaban J connectivity index is 1.70. The fourth-order valence-electron chi connectivity index (χ4n) is 2.73. The number of hydrogen-bond donors (Lipinski definition) is 0. The molecule has 6 heteroatoms. The minimum Gasteiger partial charge on any atom is -0.479 e. The zero-order valence-electron chi connectivity index (χ0n) is 15.5. The predicted octanol–water partition coefficient (Wildman–Crippen LogP) is 3.60. The standard InChI is InChI=1S/C21H21NO5/c1-4-13(2)26-21(25)14(3)27-16-11-9-15(10-12-16)22-19(23)17-7-5-6-8-18(17)20(22)24/h5-14H,4H2,1-3H3. The molecule has 0 spiro atoms. The molecule has 2 aromatic carbocycles. The Morgan fingerprint density at radius 3 is 2.04 bits per heavy atom. The van der Waals surface area contributed by atoms with Crippen LogP contribution in [0.2, 0.25) is 0 Å². The number of imide groups is 1. The summed E-state index contributed by atoms with van der Waals surface area (Å²) in [5.74, 6) is -0.692. The van der Waals surface area contributed by atoms with Gasteiger partial charge in [-0.25, -0.2) is 9.69 Å². The second-order valence-corrected chi connectivity index (χ2v) is 6.40. The normalized spacial score (nSPS) is 15.3. The summed E-state index contributed by atoms with van der Waals surface area (Å²) in [5, 5.41) is 0. The van der Waals surface area contributed by atoms with Gasteiger partial charge in [0.2, 0.25) is 0 Å². The van der Waals surface area contributed by atoms with E-state index in [0.29, 0.717) is 22.6 Å². The van der Waals surface area contributed by atoms with E-state index in [1.807, 2.05) is 13.8 Å². The second kappa shape index (κ2) is 7.61. The second-order valence-electron chi connectivity index (χ2n) is 6.40. The number of esters is 1. The van der Waals surface area contributed by atoms with Crippen LogP contribution in [-0.4, -0.2) is 30.0 Å². The Kier molecular flexibility index (Phi) is 5.26. The zero-order valence-corrected chi connectivity index (χ0v) is 15.5. The van der Waals surface area contributed by atoms with Crippen molar-refractivity contribution in [2.24, 2.45) is 0 Å². The molecule has 0 bridgehead atoms. The Bertz CT molecular complexity index is 839. The highest BCUT2D eigenvalue weighted by Crippen LogP contribution is 2.29. The summed E-state index contributed by atoms with van der Waals surface area (Å²) < 4.78 is 10.8. The van der Waals surface area contributed by atoms with Gasteiger partial charge in [0.05, 0.1) is 22.9 Å². The first-order chi connectivity index (χ1) is 12.9. The predicted molar refractivity (Wildman–Crippen MR) is 100.0 cm³/mol. The van der Waals surface area contributed by atoms with E-state index in [-0.39, 0.29) is 17.9 Å². The van der Waals surface area contributed by atoms with Crippen molar-refractivity contribution in [2.75, 3.05) is 4.90 Å². The lowest BCUT2D eigenvalue weighted by Crippen LogP contribution is -2.30. The highest BCUT2D eigenvalue weighted by Gasteiger charge is 2.36. The molecule has 1 aliphatic heterocycles. The number of benzene rings is 2. The zero-order chi connectivity index (χ0) is 19.6. The monoisotopic (exact) mass is 367 g/mol. The summed E-state index contributed by atoms with van der Waals surface area (Å²) in [7, 11) is 0. The Morgan fingerprint density at radius 2 is 1.52 bits per heavy atom. The number of anilines is 1. The molecule has 0 aliphatic carbocycles. The van der Waals surface area contributed by atoms with Crippen LogP contribution in [0.4, 0.5) is 5.69 Å². The van der Waals surface area contributed by atoms with Crippen molar-refractivity contribution in [3.63, 3.8) is 0 Å². The molecule has 2 aromatic rings. The molecule has 0 N–H and O–H groups in total. The first-order valence-electron chi connectivity index (χ1n) is 8.87. The van der Waals surface area contributed by atoms with Gasteiger partial charge in [-0.15, -0.1) is 0 Å². The van der Waals surface area contributed by atoms with Crippen LogP contribution in [0.15, 0.2) is 48.5 Å². The fourth-order valence-corrected chi connectivity index (χ4v) is 2.73. The summed E-state index contributed by atoms with van der Waals surface area (Å²) in [6.45, 7) is 5.37. The van der Waals surface area contributed by atoms with Gasteiger partial charge in [-0.2, -0.15) is 0 Å². The van der Waals surface area contributed by atoms with Crippen molar-refractivity contribution in [3.05, 3.63) is 59.7 Å². The minimum absolute atomic E-state index is 0.167. The topological polar surface area (TPSA) is 72.9 Å². The SMILES string of the molecule is CCC(C)OC(=O)C(C)Oc1ccc(N2C(=O)c3ccccc3C2=O)cc1. The number of nitrogens with zero attached hydrogens (tertiary/aromatic N) is 1. The van der Waals surface area contributed by atoms with E-state index in [4.69, 9.17) is 9.47 Å². The third kappa shape index (κ3) is 3.69. The van der Waals surface area contributed by atoms with Crippen LogP contribution in [0.3, 0.4) is 0 Å². The van der Waals surface area contributed by atoms with Crippen LogP contribution in [0.5, 0.6) is 5.75 Å². The molecule has 0 fully saturated rings. The molecule has 2 unspecified atom stereocenters. The molecule has 0 saturated heterocycles. The summed E-state index contributed by atoms with van der Waals surface area (Å²) in [6.07, 6.45) is -0.197. The third-order valence-electron chi connectivity index (χ3n) is 4.43. The smallest absolute Gasteiger partial charge is 0.347 e. The van der Waals surface area contributed by atoms with E-state index in [2.05, 4.69) is 0 Å². The van der Waals surface area contributed by atoms with Gasteiger partial charge in [-0.1, -0.05) is 19.1 Å². The summed E-state index contributed by atoms with van der Waals surface area (Å²) in [4.78, 5) is 38.1. The number of fused-ring (bicyclic) bond motifs is 1. The van der Waals surface area contributed by atoms with Crippen LogP contribution in [-0.2, 0) is 9.53 Å². The highest BCUT2D eigenvalue weighted by molar-refractivity contribution is 6.34. The Labute approximate surface area is 157 Å². The average Bonchev–Trinajstić information content (AvgIpc) is 2.93. The number of amides is 2. The maximum Gasteiger partial charge on any atom is 0.347 e. The van der Waals surface area contributed by atoms with Gasteiger partial charge in [0.15, 0.2) is 6.10 Å². The van der Waals surface area contributed by atoms with Crippen molar-refractivity contribution in [2.45, 2.75) is 39.4 Å². The quantitative estimate of drug-likeness (QED) is 0.576. The van der Waals surface area contributed by atoms with Gasteiger partial charge in [-0.3, -0.25) is 9.59 Å². The van der Waals surface area contributed by atoms with E-state index >= 15 is 0 Å². The molecule has 1 heterocycles. The van der Waals surface area contributed by atoms with Crippen molar-refractivity contribution in [1.29, 1.82) is 0 Å². The number of ether oxygens (including phenoxy) is 2. The van der Waals surface area contributed by atoms with Crippen LogP contribution in [0.1, 0.15) is 47.9 Å². The third-order valence-corrected chi connectivity index (χ3v) is 4.43. The van der Waals surface area contributed by atoms with Crippen LogP contribution in [0.25, 0.3) is 0 Å². The summed E-state index contributed by atoms with van der Waals surface area (Å²) >= 11 is 0. The lowest BCUT2D eigenvalue weighted by molar-refractivity contribution is -0.155. The highest BCUT2D eigenvalue weighted by atomic mass is 16.6. The van der Waals surface area contributed by atoms with Gasteiger partial charge < -0.3 is 9.47 Å². The minimum atomic E-state index is -0.760. The van der Waals surface area contributed by atoms with Gasteiger partial charge in [0.1, 0.15) is 5.75 Å². The van der Waals surface area contributed by atoms with Crippen LogP contribution in [0, 0.1) is 0 Å². The molecule has 3 rings (SSSR count). The first kappa shape index (κ1) is 18.6. The lowest BCUT2D eigenvalue weighted by atomic mass is 10.1. The molecule has 0 aromatic heterocycles. The van der Waals surface area contributed by atoms with E-state index < -0.39 is 12.1 Å². The maximum absolute atomic E-state index is 12.5. The first-order valence-corrected chi connectivity index (χ1v) is 8.87. The molecule has 140 valence electrons. The molecular formula is C21H21NO5. The Morgan fingerprint density at radius 1 is 0.963 bits per heavy atom. The van der Waals surface area contributed by atoms with Gasteiger partial charge >= 0.3 is 5.97 Å². The number of hydrogen-bond acceptors (Lipinski definition) is 5. The van der Waals surface area contributed by atoms with Gasteiger partial charge in [-0.05, 0) is 56.7 Å². The van der Waals surface area contributed by atoms with E-state index in [9.17, 15) is 14.4 Å². The average molecular weight is 367 g/mol. The van der Waals surface area contributed by atoms with Crippen molar-refractivity contribution >= 4 is 23.5 Å².